The van der Waals surface area contributed by atoms with Crippen LogP contribution in [0.5, 0.6) is 5.75 Å². The molecule has 0 aliphatic rings. The Hall–Kier alpha value is -3.45. The van der Waals surface area contributed by atoms with Crippen LogP contribution in [0.4, 0.5) is 5.69 Å². The first-order chi connectivity index (χ1) is 15.1. The third kappa shape index (κ3) is 7.71. The van der Waals surface area contributed by atoms with E-state index in [1.165, 1.54) is 6.21 Å². The minimum absolute atomic E-state index is 0.0311. The summed E-state index contributed by atoms with van der Waals surface area (Å²) in [5.74, 6) is 0.0815. The SMILES string of the molecule is O=C(CCC(=O)Nc1cccc(Br)c1)N/N=C\c1ccccc1OCc1ccccc1. The number of carbonyl (C=O) groups is 2. The fourth-order valence-corrected chi connectivity index (χ4v) is 3.10. The van der Waals surface area contributed by atoms with Gasteiger partial charge in [0.05, 0.1) is 6.21 Å². The fraction of sp³-hybridized carbons (Fsp3) is 0.125. The molecule has 0 fully saturated rings. The number of para-hydroxylation sites is 1. The van der Waals surface area contributed by atoms with E-state index in [2.05, 4.69) is 31.8 Å². The molecule has 0 unspecified atom stereocenters. The van der Waals surface area contributed by atoms with Crippen molar-refractivity contribution in [2.24, 2.45) is 5.10 Å². The van der Waals surface area contributed by atoms with E-state index in [9.17, 15) is 9.59 Å². The second-order valence-corrected chi connectivity index (χ2v) is 7.58. The van der Waals surface area contributed by atoms with E-state index in [0.29, 0.717) is 18.0 Å². The van der Waals surface area contributed by atoms with Gasteiger partial charge in [0.25, 0.3) is 0 Å². The van der Waals surface area contributed by atoms with Gasteiger partial charge in [0.2, 0.25) is 11.8 Å². The van der Waals surface area contributed by atoms with Crippen molar-refractivity contribution in [3.05, 3.63) is 94.5 Å². The summed E-state index contributed by atoms with van der Waals surface area (Å²) >= 11 is 3.35. The summed E-state index contributed by atoms with van der Waals surface area (Å²) in [6.45, 7) is 0.436. The number of halogens is 1. The normalized spacial score (nSPS) is 10.6. The van der Waals surface area contributed by atoms with Crippen molar-refractivity contribution in [1.82, 2.24) is 5.43 Å². The molecule has 0 spiro atoms. The molecule has 7 heteroatoms. The van der Waals surface area contributed by atoms with Crippen LogP contribution in [0.2, 0.25) is 0 Å². The molecule has 0 bridgehead atoms. The maximum absolute atomic E-state index is 12.0. The average molecular weight is 480 g/mol. The van der Waals surface area contributed by atoms with Gasteiger partial charge in [0.1, 0.15) is 12.4 Å². The molecule has 0 saturated carbocycles. The average Bonchev–Trinajstić information content (AvgIpc) is 2.78. The van der Waals surface area contributed by atoms with Gasteiger partial charge in [-0.1, -0.05) is 64.5 Å². The molecule has 0 aromatic heterocycles. The molecular weight excluding hydrogens is 458 g/mol. The number of benzene rings is 3. The van der Waals surface area contributed by atoms with E-state index in [1.807, 2.05) is 66.7 Å². The molecule has 0 saturated heterocycles. The van der Waals surface area contributed by atoms with Gasteiger partial charge in [-0.2, -0.15) is 5.10 Å². The number of hydrogen-bond donors (Lipinski definition) is 2. The highest BCUT2D eigenvalue weighted by atomic mass is 79.9. The van der Waals surface area contributed by atoms with Crippen LogP contribution in [0.25, 0.3) is 0 Å². The van der Waals surface area contributed by atoms with Crippen LogP contribution in [0.1, 0.15) is 24.0 Å². The van der Waals surface area contributed by atoms with Crippen LogP contribution in [0, 0.1) is 0 Å². The smallest absolute Gasteiger partial charge is 0.240 e. The third-order valence-corrected chi connectivity index (χ3v) is 4.73. The first-order valence-corrected chi connectivity index (χ1v) is 10.5. The number of hydrazone groups is 1. The second kappa shape index (κ2) is 11.7. The third-order valence-electron chi connectivity index (χ3n) is 4.24. The fourth-order valence-electron chi connectivity index (χ4n) is 2.70. The first-order valence-electron chi connectivity index (χ1n) is 9.73. The van der Waals surface area contributed by atoms with E-state index in [-0.39, 0.29) is 24.7 Å². The van der Waals surface area contributed by atoms with Crippen LogP contribution in [0.3, 0.4) is 0 Å². The molecular formula is C24H22BrN3O3. The molecule has 0 aliphatic heterocycles. The number of ether oxygens (including phenoxy) is 1. The Balaban J connectivity index is 1.45. The summed E-state index contributed by atoms with van der Waals surface area (Å²) < 4.78 is 6.73. The molecule has 0 aliphatic carbocycles. The van der Waals surface area contributed by atoms with E-state index >= 15 is 0 Å². The van der Waals surface area contributed by atoms with Crippen LogP contribution < -0.4 is 15.5 Å². The summed E-state index contributed by atoms with van der Waals surface area (Å²) in [4.78, 5) is 24.0. The van der Waals surface area contributed by atoms with Crippen LogP contribution >= 0.6 is 15.9 Å². The number of hydrogen-bond acceptors (Lipinski definition) is 4. The number of amides is 2. The zero-order chi connectivity index (χ0) is 21.9. The lowest BCUT2D eigenvalue weighted by molar-refractivity contribution is -0.124. The highest BCUT2D eigenvalue weighted by Gasteiger charge is 2.07. The summed E-state index contributed by atoms with van der Waals surface area (Å²) in [5, 5.41) is 6.74. The van der Waals surface area contributed by atoms with Crippen LogP contribution in [0.15, 0.2) is 88.4 Å². The van der Waals surface area contributed by atoms with Gasteiger partial charge in [-0.25, -0.2) is 5.43 Å². The zero-order valence-electron chi connectivity index (χ0n) is 16.8. The molecule has 3 rings (SSSR count). The highest BCUT2D eigenvalue weighted by Crippen LogP contribution is 2.18. The number of anilines is 1. The Morgan fingerprint density at radius 1 is 0.903 bits per heavy atom. The summed E-state index contributed by atoms with van der Waals surface area (Å²) in [6.07, 6.45) is 1.62. The maximum atomic E-state index is 12.0. The van der Waals surface area contributed by atoms with Crippen LogP contribution in [-0.2, 0) is 16.2 Å². The van der Waals surface area contributed by atoms with Gasteiger partial charge < -0.3 is 10.1 Å². The number of nitrogens with one attached hydrogen (secondary N) is 2. The molecule has 0 radical (unpaired) electrons. The highest BCUT2D eigenvalue weighted by molar-refractivity contribution is 9.10. The molecule has 0 heterocycles. The lowest BCUT2D eigenvalue weighted by atomic mass is 10.2. The van der Waals surface area contributed by atoms with Gasteiger partial charge in [-0.05, 0) is 35.9 Å². The molecule has 3 aromatic carbocycles. The minimum Gasteiger partial charge on any atom is -0.488 e. The molecule has 0 atom stereocenters. The lowest BCUT2D eigenvalue weighted by Crippen LogP contribution is -2.20. The van der Waals surface area contributed by atoms with Crippen molar-refractivity contribution < 1.29 is 14.3 Å². The lowest BCUT2D eigenvalue weighted by Gasteiger charge is -2.09. The van der Waals surface area contributed by atoms with E-state index in [0.717, 1.165) is 15.6 Å². The second-order valence-electron chi connectivity index (χ2n) is 6.66. The van der Waals surface area contributed by atoms with Crippen molar-refractivity contribution in [3.8, 4) is 5.75 Å². The Labute approximate surface area is 189 Å². The van der Waals surface area contributed by atoms with Gasteiger partial charge in [0, 0.05) is 28.6 Å². The van der Waals surface area contributed by atoms with Gasteiger partial charge >= 0.3 is 0 Å². The monoisotopic (exact) mass is 479 g/mol. The number of carbonyl (C=O) groups excluding carboxylic acids is 2. The van der Waals surface area contributed by atoms with E-state index in [4.69, 9.17) is 4.74 Å². The standard InChI is InChI=1S/C24H22BrN3O3/c25-20-10-6-11-21(15-20)27-23(29)13-14-24(30)28-26-16-19-9-4-5-12-22(19)31-17-18-7-2-1-3-8-18/h1-12,15-16H,13-14,17H2,(H,27,29)(H,28,30)/b26-16-. The largest absolute Gasteiger partial charge is 0.488 e. The quantitative estimate of drug-likeness (QED) is 0.338. The van der Waals surface area contributed by atoms with Gasteiger partial charge in [0.15, 0.2) is 0 Å². The number of rotatable bonds is 9. The van der Waals surface area contributed by atoms with E-state index in [1.54, 1.807) is 12.1 Å². The summed E-state index contributed by atoms with van der Waals surface area (Å²) in [7, 11) is 0. The van der Waals surface area contributed by atoms with Crippen molar-refractivity contribution >= 4 is 39.6 Å². The number of nitrogens with zero attached hydrogens (tertiary/aromatic N) is 1. The van der Waals surface area contributed by atoms with Crippen molar-refractivity contribution in [3.63, 3.8) is 0 Å². The van der Waals surface area contributed by atoms with Crippen molar-refractivity contribution in [2.45, 2.75) is 19.4 Å². The van der Waals surface area contributed by atoms with Crippen molar-refractivity contribution in [2.75, 3.05) is 5.32 Å². The minimum atomic E-state index is -0.344. The molecule has 6 nitrogen and oxygen atoms in total. The maximum Gasteiger partial charge on any atom is 0.240 e. The summed E-state index contributed by atoms with van der Waals surface area (Å²) in [5.41, 5.74) is 4.92. The van der Waals surface area contributed by atoms with Gasteiger partial charge in [-0.15, -0.1) is 0 Å². The first kappa shape index (κ1) is 22.2. The van der Waals surface area contributed by atoms with Gasteiger partial charge in [-0.3, -0.25) is 9.59 Å². The topological polar surface area (TPSA) is 79.8 Å². The molecule has 158 valence electrons. The summed E-state index contributed by atoms with van der Waals surface area (Å²) in [6, 6.07) is 24.6. The Morgan fingerprint density at radius 3 is 2.45 bits per heavy atom. The Morgan fingerprint density at radius 2 is 1.65 bits per heavy atom. The Kier molecular flexibility index (Phi) is 8.37. The van der Waals surface area contributed by atoms with E-state index < -0.39 is 0 Å². The Bertz CT molecular complexity index is 1050. The predicted molar refractivity (Wildman–Crippen MR) is 125 cm³/mol. The molecule has 3 aromatic rings. The molecule has 2 N–H and O–H groups in total. The van der Waals surface area contributed by atoms with Crippen LogP contribution in [-0.4, -0.2) is 18.0 Å². The molecule has 31 heavy (non-hydrogen) atoms. The zero-order valence-corrected chi connectivity index (χ0v) is 18.3. The van der Waals surface area contributed by atoms with Crippen molar-refractivity contribution in [1.29, 1.82) is 0 Å². The molecule has 2 amide bonds. The predicted octanol–water partition coefficient (Wildman–Crippen LogP) is 4.90.